The van der Waals surface area contributed by atoms with Gasteiger partial charge in [-0.3, -0.25) is 4.79 Å². The molecule has 0 atom stereocenters. The van der Waals surface area contributed by atoms with Crippen molar-refractivity contribution >= 4 is 11.6 Å². The summed E-state index contributed by atoms with van der Waals surface area (Å²) >= 11 is 0. The molecule has 0 fully saturated rings. The highest BCUT2D eigenvalue weighted by atomic mass is 16.5. The van der Waals surface area contributed by atoms with Crippen LogP contribution in [0.15, 0.2) is 48.5 Å². The van der Waals surface area contributed by atoms with Crippen molar-refractivity contribution < 1.29 is 14.3 Å². The fraction of sp³-hybridized carbons (Fsp3) is 0.278. The van der Waals surface area contributed by atoms with E-state index in [1.807, 2.05) is 55.6 Å². The Balaban J connectivity index is 1.90. The predicted molar refractivity (Wildman–Crippen MR) is 91.3 cm³/mol. The van der Waals surface area contributed by atoms with Crippen LogP contribution in [0.4, 0.5) is 5.69 Å². The fourth-order valence-electron chi connectivity index (χ4n) is 2.06. The molecule has 0 spiro atoms. The monoisotopic (exact) mass is 314 g/mol. The standard InChI is InChI=1S/C18H22N2O3/c1-19-12-4-7-18(21)20-14-8-10-15(11-9-14)23-17-6-3-5-16(13-17)22-2/h3,5-6,8-11,13,19H,4,7,12H2,1-2H3,(H,20,21). The Labute approximate surface area is 136 Å². The normalized spacial score (nSPS) is 10.2. The lowest BCUT2D eigenvalue weighted by atomic mass is 10.2. The zero-order valence-corrected chi connectivity index (χ0v) is 13.5. The van der Waals surface area contributed by atoms with Crippen molar-refractivity contribution in [3.05, 3.63) is 48.5 Å². The maximum Gasteiger partial charge on any atom is 0.224 e. The van der Waals surface area contributed by atoms with Crippen LogP contribution in [-0.2, 0) is 4.79 Å². The van der Waals surface area contributed by atoms with Crippen LogP contribution in [0.5, 0.6) is 17.2 Å². The number of nitrogens with one attached hydrogen (secondary N) is 2. The van der Waals surface area contributed by atoms with Gasteiger partial charge in [-0.25, -0.2) is 0 Å². The van der Waals surface area contributed by atoms with Crippen molar-refractivity contribution in [3.8, 4) is 17.2 Å². The van der Waals surface area contributed by atoms with E-state index in [4.69, 9.17) is 9.47 Å². The highest BCUT2D eigenvalue weighted by Gasteiger charge is 2.03. The molecule has 2 aromatic carbocycles. The largest absolute Gasteiger partial charge is 0.497 e. The lowest BCUT2D eigenvalue weighted by Crippen LogP contribution is -2.15. The molecule has 0 radical (unpaired) electrons. The first-order valence-corrected chi connectivity index (χ1v) is 7.57. The van der Waals surface area contributed by atoms with Crippen molar-refractivity contribution in [2.45, 2.75) is 12.8 Å². The van der Waals surface area contributed by atoms with Crippen molar-refractivity contribution in [1.82, 2.24) is 5.32 Å². The topological polar surface area (TPSA) is 59.6 Å². The number of amides is 1. The molecule has 0 heterocycles. The van der Waals surface area contributed by atoms with Crippen molar-refractivity contribution in [2.24, 2.45) is 0 Å². The van der Waals surface area contributed by atoms with Gasteiger partial charge in [0, 0.05) is 18.2 Å². The number of methoxy groups -OCH3 is 1. The van der Waals surface area contributed by atoms with Gasteiger partial charge >= 0.3 is 0 Å². The van der Waals surface area contributed by atoms with E-state index in [2.05, 4.69) is 10.6 Å². The van der Waals surface area contributed by atoms with Gasteiger partial charge in [0.15, 0.2) is 0 Å². The van der Waals surface area contributed by atoms with Crippen LogP contribution in [0.25, 0.3) is 0 Å². The summed E-state index contributed by atoms with van der Waals surface area (Å²) in [6, 6.07) is 14.7. The number of ether oxygens (including phenoxy) is 2. The van der Waals surface area contributed by atoms with Gasteiger partial charge in [0.05, 0.1) is 7.11 Å². The van der Waals surface area contributed by atoms with Gasteiger partial charge in [-0.1, -0.05) is 6.07 Å². The van der Waals surface area contributed by atoms with Crippen LogP contribution in [0.3, 0.4) is 0 Å². The summed E-state index contributed by atoms with van der Waals surface area (Å²) in [5.74, 6) is 2.16. The Bertz CT molecular complexity index is 626. The molecule has 2 aromatic rings. The molecule has 122 valence electrons. The molecule has 0 aliphatic rings. The van der Waals surface area contributed by atoms with E-state index in [1.54, 1.807) is 7.11 Å². The van der Waals surface area contributed by atoms with Gasteiger partial charge in [-0.2, -0.15) is 0 Å². The minimum atomic E-state index is 0.0155. The molecule has 23 heavy (non-hydrogen) atoms. The van der Waals surface area contributed by atoms with E-state index in [0.717, 1.165) is 24.4 Å². The second-order valence-electron chi connectivity index (χ2n) is 5.06. The van der Waals surface area contributed by atoms with E-state index < -0.39 is 0 Å². The van der Waals surface area contributed by atoms with Gasteiger partial charge in [0.1, 0.15) is 17.2 Å². The lowest BCUT2D eigenvalue weighted by Gasteiger charge is -2.09. The summed E-state index contributed by atoms with van der Waals surface area (Å²) in [6.07, 6.45) is 1.32. The van der Waals surface area contributed by atoms with Crippen molar-refractivity contribution in [2.75, 3.05) is 26.0 Å². The summed E-state index contributed by atoms with van der Waals surface area (Å²) in [4.78, 5) is 11.7. The maximum absolute atomic E-state index is 11.7. The van der Waals surface area contributed by atoms with Crippen molar-refractivity contribution in [3.63, 3.8) is 0 Å². The lowest BCUT2D eigenvalue weighted by molar-refractivity contribution is -0.116. The van der Waals surface area contributed by atoms with Crippen LogP contribution in [-0.4, -0.2) is 26.6 Å². The number of benzene rings is 2. The Hall–Kier alpha value is -2.53. The number of hydrogen-bond acceptors (Lipinski definition) is 4. The molecular formula is C18H22N2O3. The minimum absolute atomic E-state index is 0.0155. The molecule has 2 rings (SSSR count). The van der Waals surface area contributed by atoms with Crippen molar-refractivity contribution in [1.29, 1.82) is 0 Å². The molecule has 5 nitrogen and oxygen atoms in total. The van der Waals surface area contributed by atoms with Crippen LogP contribution >= 0.6 is 0 Å². The van der Waals surface area contributed by atoms with Gasteiger partial charge in [0.2, 0.25) is 5.91 Å². The molecule has 5 heteroatoms. The summed E-state index contributed by atoms with van der Waals surface area (Å²) in [5.41, 5.74) is 0.762. The molecule has 0 saturated carbocycles. The number of hydrogen-bond donors (Lipinski definition) is 2. The third-order valence-corrected chi connectivity index (χ3v) is 3.25. The van der Waals surface area contributed by atoms with Gasteiger partial charge < -0.3 is 20.1 Å². The van der Waals surface area contributed by atoms with E-state index in [9.17, 15) is 4.79 Å². The highest BCUT2D eigenvalue weighted by Crippen LogP contribution is 2.26. The predicted octanol–water partition coefficient (Wildman–Crippen LogP) is 3.43. The van der Waals surface area contributed by atoms with E-state index in [1.165, 1.54) is 0 Å². The second-order valence-corrected chi connectivity index (χ2v) is 5.06. The summed E-state index contributed by atoms with van der Waals surface area (Å²) in [5, 5.41) is 5.89. The minimum Gasteiger partial charge on any atom is -0.497 e. The molecular weight excluding hydrogens is 292 g/mol. The van der Waals surface area contributed by atoms with Crippen LogP contribution in [0.1, 0.15) is 12.8 Å². The molecule has 1 amide bonds. The second kappa shape index (κ2) is 8.80. The molecule has 0 aromatic heterocycles. The van der Waals surface area contributed by atoms with Crippen LogP contribution < -0.4 is 20.1 Å². The molecule has 0 aliphatic heterocycles. The third kappa shape index (κ3) is 5.64. The summed E-state index contributed by atoms with van der Waals surface area (Å²) in [7, 11) is 3.49. The van der Waals surface area contributed by atoms with E-state index in [-0.39, 0.29) is 5.91 Å². The number of anilines is 1. The SMILES string of the molecule is CNCCCC(=O)Nc1ccc(Oc2cccc(OC)c2)cc1. The van der Waals surface area contributed by atoms with E-state index >= 15 is 0 Å². The van der Waals surface area contributed by atoms with Crippen LogP contribution in [0, 0.1) is 0 Å². The Morgan fingerprint density at radius 1 is 1.04 bits per heavy atom. The quantitative estimate of drug-likeness (QED) is 0.733. The van der Waals surface area contributed by atoms with Crippen LogP contribution in [0.2, 0.25) is 0 Å². The number of carbonyl (C=O) groups excluding carboxylic acids is 1. The third-order valence-electron chi connectivity index (χ3n) is 3.25. The Kier molecular flexibility index (Phi) is 6.44. The smallest absolute Gasteiger partial charge is 0.224 e. The molecule has 0 bridgehead atoms. The Morgan fingerprint density at radius 2 is 1.78 bits per heavy atom. The average molecular weight is 314 g/mol. The Morgan fingerprint density at radius 3 is 2.48 bits per heavy atom. The van der Waals surface area contributed by atoms with Gasteiger partial charge in [-0.15, -0.1) is 0 Å². The molecule has 0 unspecified atom stereocenters. The summed E-state index contributed by atoms with van der Waals surface area (Å²) < 4.78 is 10.9. The first-order valence-electron chi connectivity index (χ1n) is 7.57. The van der Waals surface area contributed by atoms with Gasteiger partial charge in [-0.05, 0) is 56.4 Å². The summed E-state index contributed by atoms with van der Waals surface area (Å²) in [6.45, 7) is 0.834. The zero-order valence-electron chi connectivity index (χ0n) is 13.5. The first kappa shape index (κ1) is 16.8. The van der Waals surface area contributed by atoms with E-state index in [0.29, 0.717) is 17.9 Å². The molecule has 0 aliphatic carbocycles. The fourth-order valence-corrected chi connectivity index (χ4v) is 2.06. The van der Waals surface area contributed by atoms with Gasteiger partial charge in [0.25, 0.3) is 0 Å². The maximum atomic E-state index is 11.7. The first-order chi connectivity index (χ1) is 11.2. The molecule has 2 N–H and O–H groups in total. The number of carbonyl (C=O) groups is 1. The molecule has 0 saturated heterocycles. The average Bonchev–Trinajstić information content (AvgIpc) is 2.57. The highest BCUT2D eigenvalue weighted by molar-refractivity contribution is 5.90. The number of rotatable bonds is 8. The zero-order chi connectivity index (χ0) is 16.5.